The van der Waals surface area contributed by atoms with Crippen LogP contribution in [-0.4, -0.2) is 69.7 Å². The molecule has 14 nitrogen and oxygen atoms in total. The van der Waals surface area contributed by atoms with Crippen molar-refractivity contribution in [3.05, 3.63) is 83.4 Å². The van der Waals surface area contributed by atoms with Gasteiger partial charge in [0, 0.05) is 11.1 Å². The van der Waals surface area contributed by atoms with Gasteiger partial charge in [-0.25, -0.2) is 19.4 Å². The summed E-state index contributed by atoms with van der Waals surface area (Å²) < 4.78 is 8.99. The van der Waals surface area contributed by atoms with Gasteiger partial charge in [0.2, 0.25) is 5.78 Å². The molecule has 0 aliphatic carbocycles. The van der Waals surface area contributed by atoms with E-state index in [1.54, 1.807) is 74.5 Å². The van der Waals surface area contributed by atoms with Gasteiger partial charge in [0.1, 0.15) is 23.6 Å². The average molecular weight is 645 g/mol. The number of hydrogen-bond acceptors (Lipinski definition) is 11. The van der Waals surface area contributed by atoms with E-state index in [4.69, 9.17) is 27.1 Å². The van der Waals surface area contributed by atoms with Crippen LogP contribution in [0.3, 0.4) is 0 Å². The highest BCUT2D eigenvalue weighted by Crippen LogP contribution is 2.24. The first kappa shape index (κ1) is 39.4. The largest absolute Gasteiger partial charge is 0.478 e. The smallest absolute Gasteiger partial charge is 0.375 e. The zero-order valence-electron chi connectivity index (χ0n) is 24.3. The fourth-order valence-corrected chi connectivity index (χ4v) is 3.24. The number of aromatic nitrogens is 1. The molecule has 0 amide bonds. The van der Waals surface area contributed by atoms with E-state index >= 15 is 0 Å². The molecule has 0 aliphatic heterocycles. The summed E-state index contributed by atoms with van der Waals surface area (Å²) in [4.78, 5) is 70.2. The molecule has 7 N–H and O–H groups in total. The van der Waals surface area contributed by atoms with E-state index in [-0.39, 0.29) is 48.4 Å². The fraction of sp³-hybridized carbons (Fsp3) is 0.200. The maximum absolute atomic E-state index is 11.5. The normalized spacial score (nSPS) is 9.38. The topological polar surface area (TPSA) is 250 Å². The summed E-state index contributed by atoms with van der Waals surface area (Å²) in [6.45, 7) is 3.78. The number of carboxylic acid groups (broad SMARTS) is 2. The molecule has 1 heterocycles. The van der Waals surface area contributed by atoms with Crippen molar-refractivity contribution < 1.29 is 48.5 Å². The number of pyridine rings is 1. The molecule has 0 bridgehead atoms. The molecule has 2 aromatic carbocycles. The van der Waals surface area contributed by atoms with Crippen LogP contribution in [0.25, 0.3) is 11.3 Å². The SMILES string of the molecule is CCOC(=O)C(=O)CC(=O)c1ccccc1.CCOC(=O)CC(=N)N.Cl.Nc1nc(-c2ccccc2)cc(C(=O)O)c1C(=O)O. The molecule has 0 saturated heterocycles. The number of carboxylic acids is 2. The first-order chi connectivity index (χ1) is 20.8. The minimum atomic E-state index is -1.41. The molecular formula is C30H33ClN4O10. The van der Waals surface area contributed by atoms with Crippen molar-refractivity contribution in [3.63, 3.8) is 0 Å². The Kier molecular flexibility index (Phi) is 17.8. The second-order valence-electron chi connectivity index (χ2n) is 8.41. The Labute approximate surface area is 264 Å². The van der Waals surface area contributed by atoms with Crippen LogP contribution >= 0.6 is 12.4 Å². The number of Topliss-reactive ketones (excluding diaryl/α,β-unsaturated/α-hetero) is 2. The number of nitrogen functional groups attached to an aromatic ring is 1. The highest BCUT2D eigenvalue weighted by molar-refractivity contribution is 6.38. The Morgan fingerprint density at radius 1 is 0.822 bits per heavy atom. The third kappa shape index (κ3) is 13.9. The summed E-state index contributed by atoms with van der Waals surface area (Å²) in [6.07, 6.45) is -0.545. The highest BCUT2D eigenvalue weighted by Gasteiger charge is 2.22. The number of ketones is 2. The fourth-order valence-electron chi connectivity index (χ4n) is 3.24. The van der Waals surface area contributed by atoms with Crippen LogP contribution < -0.4 is 11.5 Å². The van der Waals surface area contributed by atoms with Gasteiger partial charge in [0.05, 0.1) is 30.9 Å². The Bertz CT molecular complexity index is 1500. The summed E-state index contributed by atoms with van der Waals surface area (Å²) >= 11 is 0. The molecule has 0 saturated carbocycles. The van der Waals surface area contributed by atoms with Gasteiger partial charge in [-0.15, -0.1) is 12.4 Å². The third-order valence-corrected chi connectivity index (χ3v) is 5.12. The molecule has 3 aromatic rings. The molecule has 0 spiro atoms. The Morgan fingerprint density at radius 3 is 1.82 bits per heavy atom. The van der Waals surface area contributed by atoms with Crippen molar-refractivity contribution in [2.45, 2.75) is 26.7 Å². The van der Waals surface area contributed by atoms with Gasteiger partial charge < -0.3 is 31.2 Å². The van der Waals surface area contributed by atoms with Gasteiger partial charge in [-0.1, -0.05) is 60.7 Å². The Balaban J connectivity index is 0.000000679. The van der Waals surface area contributed by atoms with Crippen LogP contribution in [0.2, 0.25) is 0 Å². The quantitative estimate of drug-likeness (QED) is 0.0501. The molecule has 45 heavy (non-hydrogen) atoms. The number of benzene rings is 2. The second-order valence-corrected chi connectivity index (χ2v) is 8.41. The van der Waals surface area contributed by atoms with Gasteiger partial charge in [-0.05, 0) is 19.9 Å². The maximum atomic E-state index is 11.5. The minimum Gasteiger partial charge on any atom is -0.478 e. The Morgan fingerprint density at radius 2 is 1.36 bits per heavy atom. The van der Waals surface area contributed by atoms with E-state index in [2.05, 4.69) is 14.5 Å². The van der Waals surface area contributed by atoms with Gasteiger partial charge in [-0.3, -0.25) is 19.8 Å². The van der Waals surface area contributed by atoms with Crippen LogP contribution in [0.1, 0.15) is 57.8 Å². The summed E-state index contributed by atoms with van der Waals surface area (Å²) in [5.41, 5.74) is 11.0. The van der Waals surface area contributed by atoms with Crippen LogP contribution in [-0.2, 0) is 23.9 Å². The molecule has 0 atom stereocenters. The number of esters is 2. The van der Waals surface area contributed by atoms with Crippen molar-refractivity contribution in [2.24, 2.45) is 5.73 Å². The lowest BCUT2D eigenvalue weighted by molar-refractivity contribution is -0.153. The number of ether oxygens (including phenoxy) is 2. The van der Waals surface area contributed by atoms with E-state index < -0.39 is 41.6 Å². The summed E-state index contributed by atoms with van der Waals surface area (Å²) in [5, 5.41) is 24.7. The summed E-state index contributed by atoms with van der Waals surface area (Å²) in [7, 11) is 0. The number of nitrogens with one attached hydrogen (secondary N) is 1. The van der Waals surface area contributed by atoms with E-state index in [0.29, 0.717) is 23.4 Å². The summed E-state index contributed by atoms with van der Waals surface area (Å²) in [6, 6.07) is 18.4. The number of nitrogens with zero attached hydrogens (tertiary/aromatic N) is 1. The predicted octanol–water partition coefficient (Wildman–Crippen LogP) is 3.42. The molecule has 240 valence electrons. The number of aromatic carboxylic acids is 2. The predicted molar refractivity (Wildman–Crippen MR) is 165 cm³/mol. The number of anilines is 1. The number of amidine groups is 1. The van der Waals surface area contributed by atoms with Crippen LogP contribution in [0.4, 0.5) is 5.82 Å². The lowest BCUT2D eigenvalue weighted by atomic mass is 10.0. The zero-order valence-corrected chi connectivity index (χ0v) is 25.2. The van der Waals surface area contributed by atoms with Crippen molar-refractivity contribution >= 4 is 59.5 Å². The van der Waals surface area contributed by atoms with Gasteiger partial charge in [0.25, 0.3) is 0 Å². The molecule has 3 rings (SSSR count). The van der Waals surface area contributed by atoms with Crippen molar-refractivity contribution in [1.82, 2.24) is 4.98 Å². The number of carbonyl (C=O) groups excluding carboxylic acids is 4. The van der Waals surface area contributed by atoms with Crippen LogP contribution in [0.5, 0.6) is 0 Å². The van der Waals surface area contributed by atoms with Gasteiger partial charge >= 0.3 is 23.9 Å². The number of carbonyl (C=O) groups is 6. The molecule has 15 heteroatoms. The van der Waals surface area contributed by atoms with Gasteiger partial charge in [-0.2, -0.15) is 0 Å². The molecule has 0 aliphatic rings. The molecular weight excluding hydrogens is 612 g/mol. The first-order valence-electron chi connectivity index (χ1n) is 12.9. The monoisotopic (exact) mass is 644 g/mol. The van der Waals surface area contributed by atoms with E-state index in [9.17, 15) is 28.8 Å². The minimum absolute atomic E-state index is 0. The second kappa shape index (κ2) is 20.3. The van der Waals surface area contributed by atoms with Crippen molar-refractivity contribution in [3.8, 4) is 11.3 Å². The summed E-state index contributed by atoms with van der Waals surface area (Å²) in [5.74, 6) is -5.82. The average Bonchev–Trinajstić information content (AvgIpc) is 2.98. The zero-order chi connectivity index (χ0) is 33.2. The number of halogens is 1. The van der Waals surface area contributed by atoms with Crippen LogP contribution in [0.15, 0.2) is 66.7 Å². The van der Waals surface area contributed by atoms with E-state index in [1.165, 1.54) is 6.07 Å². The highest BCUT2D eigenvalue weighted by atomic mass is 35.5. The molecule has 0 unspecified atom stereocenters. The maximum Gasteiger partial charge on any atom is 0.375 e. The molecule has 0 radical (unpaired) electrons. The Hall–Kier alpha value is -5.63. The number of rotatable bonds is 11. The van der Waals surface area contributed by atoms with Crippen molar-refractivity contribution in [2.75, 3.05) is 18.9 Å². The lowest BCUT2D eigenvalue weighted by Gasteiger charge is -2.08. The molecule has 0 fully saturated rings. The number of nitrogens with two attached hydrogens (primary N) is 2. The third-order valence-electron chi connectivity index (χ3n) is 5.12. The van der Waals surface area contributed by atoms with Crippen molar-refractivity contribution in [1.29, 1.82) is 5.41 Å². The van der Waals surface area contributed by atoms with E-state index in [1.807, 2.05) is 0 Å². The lowest BCUT2D eigenvalue weighted by Crippen LogP contribution is -2.20. The van der Waals surface area contributed by atoms with Gasteiger partial charge in [0.15, 0.2) is 5.78 Å². The number of hydrogen-bond donors (Lipinski definition) is 5. The van der Waals surface area contributed by atoms with Crippen LogP contribution in [0, 0.1) is 5.41 Å². The standard InChI is InChI=1S/C13H10N2O4.C12H12O4.C5H10N2O2.ClH/c14-11-10(13(18)19)8(12(16)17)6-9(15-11)7-4-2-1-3-5-7;1-2-16-12(15)11(14)8-10(13)9-6-4-3-5-7-9;1-2-9-5(8)3-4(6)7;/h1-6H,(H2,14,15)(H,16,17)(H,18,19);3-7H,2,8H2,1H3;2-3H2,1H3,(H3,6,7);1H. The molecule has 1 aromatic heterocycles. The van der Waals surface area contributed by atoms with E-state index in [0.717, 1.165) is 0 Å². The first-order valence-corrected chi connectivity index (χ1v) is 12.9.